The number of methoxy groups -OCH3 is 1. The predicted molar refractivity (Wildman–Crippen MR) is 98.5 cm³/mol. The van der Waals surface area contributed by atoms with Crippen LogP contribution in [0.5, 0.6) is 5.75 Å². The van der Waals surface area contributed by atoms with Crippen molar-refractivity contribution >= 4 is 17.7 Å². The molecule has 0 unspecified atom stereocenters. The number of benzene rings is 2. The highest BCUT2D eigenvalue weighted by Gasteiger charge is 2.19. The molecule has 0 atom stereocenters. The van der Waals surface area contributed by atoms with Gasteiger partial charge in [-0.2, -0.15) is 0 Å². The summed E-state index contributed by atoms with van der Waals surface area (Å²) in [5, 5.41) is 7.98. The lowest BCUT2D eigenvalue weighted by molar-refractivity contribution is 0.415. The summed E-state index contributed by atoms with van der Waals surface area (Å²) in [5.41, 5.74) is 4.61. The van der Waals surface area contributed by atoms with Crippen LogP contribution in [0.25, 0.3) is 0 Å². The van der Waals surface area contributed by atoms with Crippen molar-refractivity contribution in [2.45, 2.75) is 39.5 Å². The van der Waals surface area contributed by atoms with Crippen molar-refractivity contribution in [3.8, 4) is 5.75 Å². The van der Waals surface area contributed by atoms with Gasteiger partial charge in [0.1, 0.15) is 5.75 Å². The lowest BCUT2D eigenvalue weighted by atomic mass is 9.92. The Balaban J connectivity index is 2.61. The molecule has 0 heterocycles. The van der Waals surface area contributed by atoms with Crippen molar-refractivity contribution in [3.63, 3.8) is 0 Å². The van der Waals surface area contributed by atoms with Crippen LogP contribution in [0.4, 0.5) is 11.4 Å². The Morgan fingerprint density at radius 1 is 0.913 bits per heavy atom. The van der Waals surface area contributed by atoms with Gasteiger partial charge in [0.25, 0.3) is 0 Å². The fraction of sp³-hybridized carbons (Fsp3) is 0.350. The topological polar surface area (TPSA) is 36.3 Å². The summed E-state index contributed by atoms with van der Waals surface area (Å²) in [6.07, 6.45) is 1.40. The number of rotatable bonds is 6. The van der Waals surface area contributed by atoms with Crippen molar-refractivity contribution < 1.29 is 4.74 Å². The summed E-state index contributed by atoms with van der Waals surface area (Å²) in [4.78, 5) is 1.96. The molecule has 2 aromatic rings. The summed E-state index contributed by atoms with van der Waals surface area (Å²) in [6.45, 7) is 8.77. The van der Waals surface area contributed by atoms with Gasteiger partial charge in [-0.05, 0) is 47.2 Å². The molecule has 0 aliphatic heterocycles. The van der Waals surface area contributed by atoms with Crippen LogP contribution in [0.15, 0.2) is 42.5 Å². The third kappa shape index (κ3) is 3.55. The molecule has 2 rings (SSSR count). The normalized spacial score (nSPS) is 10.9. The smallest absolute Gasteiger partial charge is 0.119 e. The Labute approximate surface area is 139 Å². The van der Waals surface area contributed by atoms with Gasteiger partial charge in [0, 0.05) is 5.69 Å². The highest BCUT2D eigenvalue weighted by molar-refractivity contribution is 5.90. The van der Waals surface area contributed by atoms with Crippen molar-refractivity contribution in [2.24, 2.45) is 0 Å². The molecule has 0 aromatic heterocycles. The van der Waals surface area contributed by atoms with Crippen molar-refractivity contribution in [2.75, 3.05) is 12.0 Å². The van der Waals surface area contributed by atoms with Crippen LogP contribution in [0.1, 0.15) is 50.7 Å². The maximum Gasteiger partial charge on any atom is 0.119 e. The number of ether oxygens (including phenoxy) is 1. The van der Waals surface area contributed by atoms with Gasteiger partial charge in [0.2, 0.25) is 0 Å². The molecule has 0 spiro atoms. The zero-order chi connectivity index (χ0) is 17.0. The number of hydrogen-bond donors (Lipinski definition) is 1. The molecule has 0 saturated carbocycles. The van der Waals surface area contributed by atoms with E-state index in [2.05, 4.69) is 45.9 Å². The highest BCUT2D eigenvalue weighted by atomic mass is 16.5. The van der Waals surface area contributed by atoms with Gasteiger partial charge in [-0.1, -0.05) is 45.9 Å². The SMILES string of the molecule is COc1ccc(N(C=N)c2c(C(C)C)cccc2C(C)C)cc1. The maximum atomic E-state index is 7.98. The second kappa shape index (κ2) is 7.32. The maximum absolute atomic E-state index is 7.98. The van der Waals surface area contributed by atoms with Gasteiger partial charge in [0.15, 0.2) is 0 Å². The average molecular weight is 310 g/mol. The predicted octanol–water partition coefficient (Wildman–Crippen LogP) is 5.69. The van der Waals surface area contributed by atoms with E-state index in [0.29, 0.717) is 11.8 Å². The third-order valence-corrected chi connectivity index (χ3v) is 4.06. The first-order valence-corrected chi connectivity index (χ1v) is 8.06. The van der Waals surface area contributed by atoms with E-state index < -0.39 is 0 Å². The minimum atomic E-state index is 0.393. The molecule has 0 saturated heterocycles. The third-order valence-electron chi connectivity index (χ3n) is 4.06. The van der Waals surface area contributed by atoms with Crippen LogP contribution >= 0.6 is 0 Å². The monoisotopic (exact) mass is 310 g/mol. The minimum Gasteiger partial charge on any atom is -0.497 e. The van der Waals surface area contributed by atoms with Crippen LogP contribution in [-0.4, -0.2) is 13.4 Å². The van der Waals surface area contributed by atoms with E-state index in [1.165, 1.54) is 17.5 Å². The zero-order valence-corrected chi connectivity index (χ0v) is 14.6. The Kier molecular flexibility index (Phi) is 5.43. The molecule has 0 radical (unpaired) electrons. The fourth-order valence-electron chi connectivity index (χ4n) is 2.80. The summed E-state index contributed by atoms with van der Waals surface area (Å²) in [6, 6.07) is 14.3. The zero-order valence-electron chi connectivity index (χ0n) is 14.6. The first-order chi connectivity index (χ1) is 11.0. The van der Waals surface area contributed by atoms with Gasteiger partial charge in [-0.15, -0.1) is 0 Å². The van der Waals surface area contributed by atoms with Crippen molar-refractivity contribution in [1.82, 2.24) is 0 Å². The average Bonchev–Trinajstić information content (AvgIpc) is 2.56. The highest BCUT2D eigenvalue weighted by Crippen LogP contribution is 2.38. The largest absolute Gasteiger partial charge is 0.497 e. The van der Waals surface area contributed by atoms with Gasteiger partial charge in [-0.3, -0.25) is 5.41 Å². The van der Waals surface area contributed by atoms with Gasteiger partial charge < -0.3 is 9.64 Å². The second-order valence-corrected chi connectivity index (χ2v) is 6.29. The Hall–Kier alpha value is -2.29. The lowest BCUT2D eigenvalue weighted by Crippen LogP contribution is -2.18. The molecule has 0 amide bonds. The van der Waals surface area contributed by atoms with Crippen molar-refractivity contribution in [1.29, 1.82) is 5.41 Å². The molecule has 0 bridgehead atoms. The van der Waals surface area contributed by atoms with Crippen LogP contribution in [-0.2, 0) is 0 Å². The van der Waals surface area contributed by atoms with Gasteiger partial charge in [-0.25, -0.2) is 0 Å². The molecule has 3 heteroatoms. The van der Waals surface area contributed by atoms with E-state index in [1.54, 1.807) is 7.11 Å². The number of nitrogens with zero attached hydrogens (tertiary/aromatic N) is 1. The van der Waals surface area contributed by atoms with Crippen LogP contribution < -0.4 is 9.64 Å². The number of hydrogen-bond acceptors (Lipinski definition) is 2. The molecular weight excluding hydrogens is 284 g/mol. The van der Waals surface area contributed by atoms with Crippen LogP contribution in [0.3, 0.4) is 0 Å². The van der Waals surface area contributed by atoms with E-state index in [-0.39, 0.29) is 0 Å². The summed E-state index contributed by atoms with van der Waals surface area (Å²) in [5.74, 6) is 1.61. The second-order valence-electron chi connectivity index (χ2n) is 6.29. The van der Waals surface area contributed by atoms with Gasteiger partial charge >= 0.3 is 0 Å². The molecule has 0 fully saturated rings. The first-order valence-electron chi connectivity index (χ1n) is 8.06. The minimum absolute atomic E-state index is 0.393. The van der Waals surface area contributed by atoms with E-state index in [1.807, 2.05) is 29.2 Å². The number of anilines is 2. The Morgan fingerprint density at radius 3 is 1.83 bits per heavy atom. The quantitative estimate of drug-likeness (QED) is 0.550. The van der Waals surface area contributed by atoms with Crippen LogP contribution in [0.2, 0.25) is 0 Å². The summed E-state index contributed by atoms with van der Waals surface area (Å²) >= 11 is 0. The molecule has 2 aromatic carbocycles. The summed E-state index contributed by atoms with van der Waals surface area (Å²) < 4.78 is 5.24. The Morgan fingerprint density at radius 2 is 1.43 bits per heavy atom. The van der Waals surface area contributed by atoms with E-state index in [4.69, 9.17) is 10.1 Å². The molecule has 1 N–H and O–H groups in total. The number of para-hydroxylation sites is 1. The standard InChI is InChI=1S/C20H26N2O/c1-14(2)18-7-6-8-19(15(3)4)20(18)22(13-21)16-9-11-17(23-5)12-10-16/h6-15,21H,1-5H3. The molecule has 122 valence electrons. The van der Waals surface area contributed by atoms with E-state index in [0.717, 1.165) is 17.1 Å². The molecular formula is C20H26N2O. The number of nitrogens with one attached hydrogen (secondary N) is 1. The molecule has 3 nitrogen and oxygen atoms in total. The first kappa shape index (κ1) is 17.1. The molecule has 23 heavy (non-hydrogen) atoms. The summed E-state index contributed by atoms with van der Waals surface area (Å²) in [7, 11) is 1.66. The molecule has 0 aliphatic rings. The molecule has 0 aliphatic carbocycles. The van der Waals surface area contributed by atoms with E-state index in [9.17, 15) is 0 Å². The van der Waals surface area contributed by atoms with Crippen LogP contribution in [0, 0.1) is 5.41 Å². The van der Waals surface area contributed by atoms with E-state index >= 15 is 0 Å². The lowest BCUT2D eigenvalue weighted by Gasteiger charge is -2.28. The Bertz CT molecular complexity index is 634. The fourth-order valence-corrected chi connectivity index (χ4v) is 2.80. The van der Waals surface area contributed by atoms with Crippen molar-refractivity contribution in [3.05, 3.63) is 53.6 Å². The van der Waals surface area contributed by atoms with Gasteiger partial charge in [0.05, 0.1) is 19.1 Å².